The van der Waals surface area contributed by atoms with Crippen molar-refractivity contribution in [3.8, 4) is 0 Å². The van der Waals surface area contributed by atoms with Crippen LogP contribution >= 0.6 is 0 Å². The molecule has 1 fully saturated rings. The number of aromatic amines is 1. The molecule has 1 aliphatic heterocycles. The average Bonchev–Trinajstić information content (AvgIpc) is 3.25. The number of para-hydroxylation sites is 1. The van der Waals surface area contributed by atoms with Crippen molar-refractivity contribution in [1.82, 2.24) is 15.2 Å². The SMILES string of the molecule is Cc1cc(C)nc(C=Cc2n[nH]c3cc(N(c4ccccc4C(=O)O)C4CCCCO4)ccc23)c1. The van der Waals surface area contributed by atoms with Crippen molar-refractivity contribution >= 4 is 40.4 Å². The summed E-state index contributed by atoms with van der Waals surface area (Å²) in [6.45, 7) is 4.70. The minimum Gasteiger partial charge on any atom is -0.478 e. The Morgan fingerprint density at radius 3 is 2.74 bits per heavy atom. The van der Waals surface area contributed by atoms with Gasteiger partial charge < -0.3 is 14.7 Å². The van der Waals surface area contributed by atoms with Crippen molar-refractivity contribution in [2.24, 2.45) is 0 Å². The Morgan fingerprint density at radius 1 is 1.11 bits per heavy atom. The van der Waals surface area contributed by atoms with Crippen LogP contribution in [0.5, 0.6) is 0 Å². The molecule has 1 atom stereocenters. The van der Waals surface area contributed by atoms with Gasteiger partial charge in [-0.1, -0.05) is 12.1 Å². The van der Waals surface area contributed by atoms with E-state index in [4.69, 9.17) is 4.74 Å². The molecule has 4 aromatic rings. The molecule has 3 heterocycles. The molecule has 2 aromatic heterocycles. The molecule has 178 valence electrons. The number of aromatic carboxylic acids is 1. The Labute approximate surface area is 204 Å². The summed E-state index contributed by atoms with van der Waals surface area (Å²) in [5, 5.41) is 18.4. The van der Waals surface area contributed by atoms with Crippen LogP contribution in [0, 0.1) is 13.8 Å². The summed E-state index contributed by atoms with van der Waals surface area (Å²) in [4.78, 5) is 18.6. The maximum absolute atomic E-state index is 12.0. The number of aryl methyl sites for hydroxylation is 2. The molecule has 0 amide bonds. The molecule has 1 saturated heterocycles. The van der Waals surface area contributed by atoms with Gasteiger partial charge in [-0.05, 0) is 93.3 Å². The van der Waals surface area contributed by atoms with Gasteiger partial charge in [0, 0.05) is 23.4 Å². The summed E-state index contributed by atoms with van der Waals surface area (Å²) in [5.41, 5.74) is 6.44. The van der Waals surface area contributed by atoms with Crippen molar-refractivity contribution in [1.29, 1.82) is 0 Å². The highest BCUT2D eigenvalue weighted by Crippen LogP contribution is 2.36. The minimum atomic E-state index is -0.962. The van der Waals surface area contributed by atoms with Crippen LogP contribution in [0.4, 0.5) is 11.4 Å². The zero-order valence-electron chi connectivity index (χ0n) is 19.9. The Hall–Kier alpha value is -3.97. The first-order valence-electron chi connectivity index (χ1n) is 11.8. The van der Waals surface area contributed by atoms with Crippen molar-refractivity contribution in [2.75, 3.05) is 11.5 Å². The van der Waals surface area contributed by atoms with Gasteiger partial charge in [-0.3, -0.25) is 10.1 Å². The lowest BCUT2D eigenvalue weighted by atomic mass is 10.1. The molecule has 0 aliphatic carbocycles. The fraction of sp³-hybridized carbons (Fsp3) is 0.250. The number of fused-ring (bicyclic) bond motifs is 1. The number of anilines is 2. The fourth-order valence-corrected chi connectivity index (χ4v) is 4.68. The molecule has 0 bridgehead atoms. The van der Waals surface area contributed by atoms with E-state index in [0.717, 1.165) is 52.9 Å². The van der Waals surface area contributed by atoms with E-state index in [1.807, 2.05) is 66.4 Å². The summed E-state index contributed by atoms with van der Waals surface area (Å²) in [5.74, 6) is -0.962. The highest BCUT2D eigenvalue weighted by Gasteiger charge is 2.27. The summed E-state index contributed by atoms with van der Waals surface area (Å²) in [7, 11) is 0. The number of nitrogens with one attached hydrogen (secondary N) is 1. The second kappa shape index (κ2) is 9.72. The number of aromatic nitrogens is 3. The monoisotopic (exact) mass is 468 g/mol. The Balaban J connectivity index is 1.53. The van der Waals surface area contributed by atoms with E-state index in [9.17, 15) is 9.90 Å². The van der Waals surface area contributed by atoms with Crippen LogP contribution < -0.4 is 4.90 Å². The van der Waals surface area contributed by atoms with Gasteiger partial charge in [-0.15, -0.1) is 0 Å². The molecule has 0 spiro atoms. The predicted octanol–water partition coefficient (Wildman–Crippen LogP) is 6.11. The first kappa shape index (κ1) is 22.8. The van der Waals surface area contributed by atoms with E-state index in [1.54, 1.807) is 12.1 Å². The second-order valence-corrected chi connectivity index (χ2v) is 8.90. The van der Waals surface area contributed by atoms with Crippen molar-refractivity contribution in [3.63, 3.8) is 0 Å². The number of H-pyrrole nitrogens is 1. The van der Waals surface area contributed by atoms with Gasteiger partial charge in [-0.2, -0.15) is 5.10 Å². The summed E-state index contributed by atoms with van der Waals surface area (Å²) in [6.07, 6.45) is 6.56. The lowest BCUT2D eigenvalue weighted by molar-refractivity contribution is 0.0207. The zero-order chi connectivity index (χ0) is 24.4. The lowest BCUT2D eigenvalue weighted by Gasteiger charge is -2.36. The van der Waals surface area contributed by atoms with Gasteiger partial charge >= 0.3 is 5.97 Å². The number of carbonyl (C=O) groups is 1. The molecule has 0 saturated carbocycles. The highest BCUT2D eigenvalue weighted by atomic mass is 16.5. The maximum Gasteiger partial charge on any atom is 0.337 e. The van der Waals surface area contributed by atoms with Crippen molar-refractivity contribution in [2.45, 2.75) is 39.3 Å². The molecule has 7 heteroatoms. The molecule has 0 radical (unpaired) electrons. The molecule has 2 aromatic carbocycles. The number of rotatable bonds is 6. The molecule has 2 N–H and O–H groups in total. The second-order valence-electron chi connectivity index (χ2n) is 8.90. The van der Waals surface area contributed by atoms with E-state index in [1.165, 1.54) is 5.56 Å². The zero-order valence-corrected chi connectivity index (χ0v) is 19.9. The van der Waals surface area contributed by atoms with Crippen LogP contribution in [0.2, 0.25) is 0 Å². The summed E-state index contributed by atoms with van der Waals surface area (Å²) >= 11 is 0. The Kier molecular flexibility index (Phi) is 6.33. The summed E-state index contributed by atoms with van der Waals surface area (Å²) in [6, 6.07) is 17.2. The number of carboxylic acids is 1. The molecule has 1 aliphatic rings. The average molecular weight is 469 g/mol. The van der Waals surface area contributed by atoms with Gasteiger partial charge in [0.1, 0.15) is 6.23 Å². The third-order valence-electron chi connectivity index (χ3n) is 6.22. The maximum atomic E-state index is 12.0. The van der Waals surface area contributed by atoms with Crippen LogP contribution in [-0.4, -0.2) is 39.1 Å². The van der Waals surface area contributed by atoms with Crippen LogP contribution in [0.3, 0.4) is 0 Å². The Morgan fingerprint density at radius 2 is 1.97 bits per heavy atom. The lowest BCUT2D eigenvalue weighted by Crippen LogP contribution is -2.37. The van der Waals surface area contributed by atoms with Gasteiger partial charge in [0.05, 0.1) is 28.2 Å². The van der Waals surface area contributed by atoms with Gasteiger partial charge in [-0.25, -0.2) is 4.79 Å². The topological polar surface area (TPSA) is 91.3 Å². The molecule has 1 unspecified atom stereocenters. The number of nitrogens with zero attached hydrogens (tertiary/aromatic N) is 3. The van der Waals surface area contributed by atoms with Crippen LogP contribution in [0.25, 0.3) is 23.1 Å². The predicted molar refractivity (Wildman–Crippen MR) is 138 cm³/mol. The molecular formula is C28H28N4O3. The first-order chi connectivity index (χ1) is 17.0. The standard InChI is InChI=1S/C28H28N4O3/c1-18-15-19(2)29-20(16-18)10-13-24-22-12-11-21(17-25(22)31-30-24)32(27-9-5-6-14-35-27)26-8-4-3-7-23(26)28(33)34/h3-4,7-8,10-13,15-17,27H,5-6,9,14H2,1-2H3,(H,30,31)(H,33,34). The fourth-order valence-electron chi connectivity index (χ4n) is 4.68. The third kappa shape index (κ3) is 4.81. The van der Waals surface area contributed by atoms with E-state index in [-0.39, 0.29) is 11.8 Å². The molecular weight excluding hydrogens is 440 g/mol. The van der Waals surface area contributed by atoms with E-state index in [0.29, 0.717) is 12.3 Å². The number of pyridine rings is 1. The molecule has 35 heavy (non-hydrogen) atoms. The van der Waals surface area contributed by atoms with Crippen LogP contribution in [0.1, 0.15) is 52.3 Å². The smallest absolute Gasteiger partial charge is 0.337 e. The van der Waals surface area contributed by atoms with Gasteiger partial charge in [0.15, 0.2) is 0 Å². The normalized spacial score (nSPS) is 16.1. The first-order valence-corrected chi connectivity index (χ1v) is 11.8. The van der Waals surface area contributed by atoms with E-state index in [2.05, 4.69) is 22.1 Å². The van der Waals surface area contributed by atoms with Crippen molar-refractivity contribution < 1.29 is 14.6 Å². The quantitative estimate of drug-likeness (QED) is 0.355. The highest BCUT2D eigenvalue weighted by molar-refractivity contribution is 5.97. The molecule has 7 nitrogen and oxygen atoms in total. The third-order valence-corrected chi connectivity index (χ3v) is 6.22. The van der Waals surface area contributed by atoms with E-state index >= 15 is 0 Å². The van der Waals surface area contributed by atoms with Crippen LogP contribution in [0.15, 0.2) is 54.6 Å². The number of ether oxygens (including phenoxy) is 1. The number of hydrogen-bond acceptors (Lipinski definition) is 5. The molecule has 5 rings (SSSR count). The van der Waals surface area contributed by atoms with Gasteiger partial charge in [0.25, 0.3) is 0 Å². The van der Waals surface area contributed by atoms with Gasteiger partial charge in [0.2, 0.25) is 0 Å². The number of benzene rings is 2. The Bertz CT molecular complexity index is 1380. The summed E-state index contributed by atoms with van der Waals surface area (Å²) < 4.78 is 6.10. The largest absolute Gasteiger partial charge is 0.478 e. The number of hydrogen-bond donors (Lipinski definition) is 2. The van der Waals surface area contributed by atoms with Crippen LogP contribution in [-0.2, 0) is 4.74 Å². The van der Waals surface area contributed by atoms with Crippen molar-refractivity contribution in [3.05, 3.63) is 82.8 Å². The minimum absolute atomic E-state index is 0.236. The number of carboxylic acid groups (broad SMARTS) is 1. The van der Waals surface area contributed by atoms with E-state index < -0.39 is 5.97 Å².